The first-order valence-electron chi connectivity index (χ1n) is 10.8. The second-order valence-electron chi connectivity index (χ2n) is 9.68. The Morgan fingerprint density at radius 3 is 2.13 bits per heavy atom. The molecule has 0 bridgehead atoms. The summed E-state index contributed by atoms with van der Waals surface area (Å²) in [5.41, 5.74) is 11.3. The minimum absolute atomic E-state index is 0.0502. The minimum Gasteiger partial charge on any atom is -0.378 e. The molecule has 0 spiro atoms. The minimum atomic E-state index is 0.0502. The van der Waals surface area contributed by atoms with E-state index in [4.69, 9.17) is 0 Å². The van der Waals surface area contributed by atoms with E-state index in [-0.39, 0.29) is 5.41 Å². The van der Waals surface area contributed by atoms with Gasteiger partial charge in [0.25, 0.3) is 0 Å². The average Bonchev–Trinajstić information content (AvgIpc) is 3.09. The molecule has 1 aliphatic rings. The van der Waals surface area contributed by atoms with Gasteiger partial charge in [0, 0.05) is 19.8 Å². The Morgan fingerprint density at radius 2 is 1.43 bits per heavy atom. The monoisotopic (exact) mass is 391 g/mol. The number of nitrogens with zero attached hydrogens (tertiary/aromatic N) is 1. The van der Waals surface area contributed by atoms with Crippen LogP contribution >= 0.6 is 0 Å². The number of fused-ring (bicyclic) bond motifs is 4. The van der Waals surface area contributed by atoms with Crippen molar-refractivity contribution in [2.24, 2.45) is 0 Å². The molecule has 0 fully saturated rings. The van der Waals surface area contributed by atoms with Gasteiger partial charge in [-0.05, 0) is 73.7 Å². The summed E-state index contributed by atoms with van der Waals surface area (Å²) in [6, 6.07) is 26.9. The lowest BCUT2D eigenvalue weighted by molar-refractivity contribution is 0.597. The zero-order chi connectivity index (χ0) is 21.0. The van der Waals surface area contributed by atoms with Crippen LogP contribution in [0, 0.1) is 0 Å². The zero-order valence-electron chi connectivity index (χ0n) is 18.6. The Hall–Kier alpha value is -3.06. The van der Waals surface area contributed by atoms with Crippen LogP contribution in [0.25, 0.3) is 33.0 Å². The second kappa shape index (κ2) is 6.74. The highest BCUT2D eigenvalue weighted by molar-refractivity contribution is 6.08. The third-order valence-electron chi connectivity index (χ3n) is 6.38. The maximum atomic E-state index is 2.39. The standard InChI is InChI=1S/C29H29N/c1-29(2,3)28-23-16-15-21(30(4)5)18-24(23)26(19-11-7-6-8-12-19)25-17-20-13-9-10-14-22(20)27(25)28/h6-16,18H,17H2,1-5H3. The summed E-state index contributed by atoms with van der Waals surface area (Å²) in [4.78, 5) is 2.20. The van der Waals surface area contributed by atoms with E-state index >= 15 is 0 Å². The summed E-state index contributed by atoms with van der Waals surface area (Å²) >= 11 is 0. The molecule has 1 heteroatoms. The molecule has 0 aromatic heterocycles. The van der Waals surface area contributed by atoms with Crippen molar-refractivity contribution in [3.63, 3.8) is 0 Å². The first kappa shape index (κ1) is 18.9. The van der Waals surface area contributed by atoms with Crippen molar-refractivity contribution in [1.82, 2.24) is 0 Å². The maximum Gasteiger partial charge on any atom is 0.0367 e. The van der Waals surface area contributed by atoms with Crippen molar-refractivity contribution < 1.29 is 0 Å². The molecule has 0 amide bonds. The molecule has 0 aliphatic heterocycles. The van der Waals surface area contributed by atoms with E-state index in [2.05, 4.69) is 113 Å². The van der Waals surface area contributed by atoms with Crippen molar-refractivity contribution in [2.75, 3.05) is 19.0 Å². The Morgan fingerprint density at radius 1 is 0.733 bits per heavy atom. The molecular weight excluding hydrogens is 362 g/mol. The molecule has 0 heterocycles. The lowest BCUT2D eigenvalue weighted by atomic mass is 9.76. The van der Waals surface area contributed by atoms with Gasteiger partial charge in [-0.25, -0.2) is 0 Å². The summed E-state index contributed by atoms with van der Waals surface area (Å²) < 4.78 is 0. The van der Waals surface area contributed by atoms with Gasteiger partial charge in [-0.3, -0.25) is 0 Å². The van der Waals surface area contributed by atoms with Gasteiger partial charge in [0.15, 0.2) is 0 Å². The van der Waals surface area contributed by atoms with Crippen LogP contribution in [0.3, 0.4) is 0 Å². The van der Waals surface area contributed by atoms with Gasteiger partial charge in [0.05, 0.1) is 0 Å². The molecule has 0 saturated carbocycles. The van der Waals surface area contributed by atoms with Crippen LogP contribution < -0.4 is 4.90 Å². The highest BCUT2D eigenvalue weighted by atomic mass is 15.1. The predicted octanol–water partition coefficient (Wildman–Crippen LogP) is 7.44. The summed E-state index contributed by atoms with van der Waals surface area (Å²) in [6.45, 7) is 7.06. The topological polar surface area (TPSA) is 3.24 Å². The molecule has 0 radical (unpaired) electrons. The van der Waals surface area contributed by atoms with Gasteiger partial charge in [-0.2, -0.15) is 0 Å². The molecule has 1 nitrogen and oxygen atoms in total. The van der Waals surface area contributed by atoms with Gasteiger partial charge in [-0.1, -0.05) is 81.4 Å². The van der Waals surface area contributed by atoms with Gasteiger partial charge < -0.3 is 4.90 Å². The lowest BCUT2D eigenvalue weighted by Crippen LogP contribution is -2.15. The summed E-state index contributed by atoms with van der Waals surface area (Å²) in [6.07, 6.45) is 1.00. The molecule has 5 rings (SSSR count). The number of rotatable bonds is 2. The molecular formula is C29H29N. The van der Waals surface area contributed by atoms with E-state index in [1.54, 1.807) is 0 Å². The number of benzene rings is 4. The summed E-state index contributed by atoms with van der Waals surface area (Å²) in [5.74, 6) is 0. The fourth-order valence-corrected chi connectivity index (χ4v) is 5.10. The Bertz CT molecular complexity index is 1260. The fraction of sp³-hybridized carbons (Fsp3) is 0.241. The van der Waals surface area contributed by atoms with Crippen molar-refractivity contribution in [1.29, 1.82) is 0 Å². The van der Waals surface area contributed by atoms with Crippen LogP contribution in [0.5, 0.6) is 0 Å². The average molecular weight is 392 g/mol. The van der Waals surface area contributed by atoms with Crippen molar-refractivity contribution in [3.05, 3.63) is 89.5 Å². The van der Waals surface area contributed by atoms with Gasteiger partial charge in [0.2, 0.25) is 0 Å². The third kappa shape index (κ3) is 2.84. The van der Waals surface area contributed by atoms with E-state index in [1.807, 2.05) is 0 Å². The molecule has 0 saturated heterocycles. The van der Waals surface area contributed by atoms with Crippen LogP contribution in [0.15, 0.2) is 72.8 Å². The van der Waals surface area contributed by atoms with Gasteiger partial charge in [0.1, 0.15) is 0 Å². The molecule has 4 aromatic carbocycles. The predicted molar refractivity (Wildman–Crippen MR) is 131 cm³/mol. The van der Waals surface area contributed by atoms with Crippen LogP contribution in [-0.4, -0.2) is 14.1 Å². The molecule has 0 atom stereocenters. The van der Waals surface area contributed by atoms with E-state index < -0.39 is 0 Å². The smallest absolute Gasteiger partial charge is 0.0367 e. The fourth-order valence-electron chi connectivity index (χ4n) is 5.10. The number of hydrogen-bond donors (Lipinski definition) is 0. The Labute approximate surface area is 180 Å². The highest BCUT2D eigenvalue weighted by Gasteiger charge is 2.32. The van der Waals surface area contributed by atoms with Crippen LogP contribution in [0.2, 0.25) is 0 Å². The van der Waals surface area contributed by atoms with E-state index in [0.717, 1.165) is 6.42 Å². The number of hydrogen-bond acceptors (Lipinski definition) is 1. The van der Waals surface area contributed by atoms with Crippen molar-refractivity contribution in [2.45, 2.75) is 32.6 Å². The first-order chi connectivity index (χ1) is 14.4. The van der Waals surface area contributed by atoms with Crippen LogP contribution in [-0.2, 0) is 11.8 Å². The number of anilines is 1. The van der Waals surface area contributed by atoms with E-state index in [1.165, 1.54) is 55.4 Å². The normalized spacial score (nSPS) is 12.7. The van der Waals surface area contributed by atoms with Crippen LogP contribution in [0.4, 0.5) is 5.69 Å². The first-order valence-corrected chi connectivity index (χ1v) is 10.8. The molecule has 30 heavy (non-hydrogen) atoms. The van der Waals surface area contributed by atoms with Gasteiger partial charge in [-0.15, -0.1) is 0 Å². The highest BCUT2D eigenvalue weighted by Crippen LogP contribution is 2.51. The van der Waals surface area contributed by atoms with Crippen molar-refractivity contribution in [3.8, 4) is 22.3 Å². The maximum absolute atomic E-state index is 2.39. The largest absolute Gasteiger partial charge is 0.378 e. The SMILES string of the molecule is CN(C)c1ccc2c(C(C)(C)C)c3c(c(-c4ccccc4)c2c1)Cc1ccccc1-3. The van der Waals surface area contributed by atoms with Crippen LogP contribution in [0.1, 0.15) is 37.5 Å². The van der Waals surface area contributed by atoms with Gasteiger partial charge >= 0.3 is 0 Å². The Balaban J connectivity index is 2.00. The summed E-state index contributed by atoms with van der Waals surface area (Å²) in [5, 5.41) is 2.74. The molecule has 0 unspecified atom stereocenters. The van der Waals surface area contributed by atoms with E-state index in [0.29, 0.717) is 0 Å². The zero-order valence-corrected chi connectivity index (χ0v) is 18.6. The van der Waals surface area contributed by atoms with Crippen molar-refractivity contribution >= 4 is 16.5 Å². The Kier molecular flexibility index (Phi) is 4.25. The second-order valence-corrected chi connectivity index (χ2v) is 9.68. The summed E-state index contributed by atoms with van der Waals surface area (Å²) in [7, 11) is 4.24. The quantitative estimate of drug-likeness (QED) is 0.302. The molecule has 4 aromatic rings. The third-order valence-corrected chi connectivity index (χ3v) is 6.38. The lowest BCUT2D eigenvalue weighted by Gasteiger charge is -2.28. The molecule has 1 aliphatic carbocycles. The van der Waals surface area contributed by atoms with E-state index in [9.17, 15) is 0 Å². The molecule has 0 N–H and O–H groups in total. The molecule has 150 valence electrons.